The maximum atomic E-state index is 9.65. The summed E-state index contributed by atoms with van der Waals surface area (Å²) in [6, 6.07) is 64.2. The fourth-order valence-electron chi connectivity index (χ4n) is 10.4. The number of fused-ring (bicyclic) bond motifs is 10. The van der Waals surface area contributed by atoms with E-state index < -0.39 is 0 Å². The lowest BCUT2D eigenvalue weighted by atomic mass is 9.97. The van der Waals surface area contributed by atoms with Crippen molar-refractivity contribution in [3.63, 3.8) is 0 Å². The van der Waals surface area contributed by atoms with Crippen molar-refractivity contribution >= 4 is 99.8 Å². The Labute approximate surface area is 382 Å². The molecule has 0 aliphatic rings. The number of hydrogen-bond donors (Lipinski definition) is 0. The quantitative estimate of drug-likeness (QED) is 0.150. The molecule has 0 fully saturated rings. The summed E-state index contributed by atoms with van der Waals surface area (Å²) in [5, 5.41) is 16.4. The van der Waals surface area contributed by atoms with E-state index in [1.807, 2.05) is 36.4 Å². The molecule has 12 rings (SSSR count). The van der Waals surface area contributed by atoms with E-state index in [2.05, 4.69) is 192 Å². The lowest BCUT2D eigenvalue weighted by Crippen LogP contribution is -2.11. The van der Waals surface area contributed by atoms with Gasteiger partial charge >= 0.3 is 0 Å². The van der Waals surface area contributed by atoms with Crippen LogP contribution in [0.2, 0.25) is 0 Å². The van der Waals surface area contributed by atoms with Crippen molar-refractivity contribution in [3.05, 3.63) is 215 Å². The molecule has 66 heavy (non-hydrogen) atoms. The van der Waals surface area contributed by atoms with Crippen LogP contribution >= 0.6 is 0 Å². The van der Waals surface area contributed by atoms with Crippen LogP contribution in [0.1, 0.15) is 27.8 Å². The monoisotopic (exact) mass is 847 g/mol. The zero-order valence-electron chi connectivity index (χ0n) is 36.9. The van der Waals surface area contributed by atoms with E-state index in [1.54, 1.807) is 0 Å². The Morgan fingerprint density at radius 2 is 1.09 bits per heavy atom. The molecule has 12 aromatic rings. The van der Waals surface area contributed by atoms with Crippen molar-refractivity contribution in [2.45, 2.75) is 27.7 Å². The van der Waals surface area contributed by atoms with Crippen LogP contribution in [-0.4, -0.2) is 4.40 Å². The number of aryl methyl sites for hydroxylation is 4. The van der Waals surface area contributed by atoms with E-state index >= 15 is 0 Å². The van der Waals surface area contributed by atoms with Gasteiger partial charge in [-0.15, -0.1) is 0 Å². The van der Waals surface area contributed by atoms with Crippen molar-refractivity contribution in [1.29, 1.82) is 5.26 Å². The van der Waals surface area contributed by atoms with Gasteiger partial charge in [0.1, 0.15) is 11.1 Å². The Balaban J connectivity index is 1.18. The van der Waals surface area contributed by atoms with Gasteiger partial charge < -0.3 is 18.6 Å². The molecule has 0 spiro atoms. The highest BCUT2D eigenvalue weighted by Crippen LogP contribution is 2.50. The van der Waals surface area contributed by atoms with Crippen LogP contribution < -0.4 is 9.80 Å². The Morgan fingerprint density at radius 1 is 0.500 bits per heavy atom. The summed E-state index contributed by atoms with van der Waals surface area (Å²) in [7, 11) is 0. The van der Waals surface area contributed by atoms with Gasteiger partial charge in [-0.2, -0.15) is 5.26 Å². The van der Waals surface area contributed by atoms with Gasteiger partial charge in [-0.25, -0.2) is 4.85 Å². The zero-order chi connectivity index (χ0) is 44.8. The summed E-state index contributed by atoms with van der Waals surface area (Å²) in [6.45, 7) is 16.2. The van der Waals surface area contributed by atoms with E-state index in [0.29, 0.717) is 11.3 Å². The highest BCUT2D eigenvalue weighted by atomic mass is 16.3. The van der Waals surface area contributed by atoms with Crippen LogP contribution in [0.5, 0.6) is 0 Å². The Hall–Kier alpha value is -8.84. The molecule has 0 atom stereocenters. The Kier molecular flexibility index (Phi) is 8.75. The molecule has 0 saturated heterocycles. The smallest absolute Gasteiger partial charge is 0.187 e. The van der Waals surface area contributed by atoms with Crippen molar-refractivity contribution in [1.82, 2.24) is 4.40 Å². The SMILES string of the molecule is [C-]#[N+]c1ccc(N(c2cc(C)cc(C)c2)c2cc3c(c4ccccc24)c2cc(-c4ccccc4)cc4c5oc6cc(N(c7ccc(C#N)cc7)c7cc(C)cc(C)c7)ccc6c5n3c42)cc1. The number of anilines is 6. The molecule has 0 amide bonds. The Bertz CT molecular complexity index is 3960. The summed E-state index contributed by atoms with van der Waals surface area (Å²) in [4.78, 5) is 8.31. The van der Waals surface area contributed by atoms with Crippen LogP contribution in [-0.2, 0) is 0 Å². The summed E-state index contributed by atoms with van der Waals surface area (Å²) in [5.74, 6) is 0. The van der Waals surface area contributed by atoms with E-state index in [1.165, 1.54) is 33.0 Å². The number of nitrogens with zero attached hydrogens (tertiary/aromatic N) is 5. The van der Waals surface area contributed by atoms with Gasteiger partial charge in [-0.1, -0.05) is 78.9 Å². The van der Waals surface area contributed by atoms with Crippen LogP contribution in [0.3, 0.4) is 0 Å². The maximum Gasteiger partial charge on any atom is 0.187 e. The summed E-state index contributed by atoms with van der Waals surface area (Å²) in [6.07, 6.45) is 0. The minimum Gasteiger partial charge on any atom is -0.454 e. The number of hydrogen-bond acceptors (Lipinski definition) is 4. The first-order chi connectivity index (χ1) is 32.2. The van der Waals surface area contributed by atoms with Gasteiger partial charge in [0.25, 0.3) is 0 Å². The molecule has 0 N–H and O–H groups in total. The molecule has 0 aliphatic carbocycles. The first-order valence-electron chi connectivity index (χ1n) is 22.2. The van der Waals surface area contributed by atoms with E-state index in [4.69, 9.17) is 11.0 Å². The van der Waals surface area contributed by atoms with Crippen molar-refractivity contribution in [2.75, 3.05) is 9.80 Å². The van der Waals surface area contributed by atoms with Crippen LogP contribution in [0.4, 0.5) is 39.8 Å². The van der Waals surface area contributed by atoms with Crippen molar-refractivity contribution < 1.29 is 4.42 Å². The third-order valence-electron chi connectivity index (χ3n) is 13.0. The minimum atomic E-state index is 0.601. The molecule has 9 aromatic carbocycles. The normalized spacial score (nSPS) is 11.6. The average Bonchev–Trinajstić information content (AvgIpc) is 3.97. The van der Waals surface area contributed by atoms with E-state index in [0.717, 1.165) is 94.5 Å². The molecule has 6 nitrogen and oxygen atoms in total. The zero-order valence-corrected chi connectivity index (χ0v) is 36.9. The number of rotatable bonds is 7. The maximum absolute atomic E-state index is 9.65. The lowest BCUT2D eigenvalue weighted by Gasteiger charge is -2.28. The van der Waals surface area contributed by atoms with E-state index in [-0.39, 0.29) is 0 Å². The third-order valence-corrected chi connectivity index (χ3v) is 13.0. The molecule has 0 saturated carbocycles. The summed E-state index contributed by atoms with van der Waals surface area (Å²) < 4.78 is 9.59. The van der Waals surface area contributed by atoms with Gasteiger partial charge in [0.2, 0.25) is 0 Å². The van der Waals surface area contributed by atoms with Gasteiger partial charge in [0.05, 0.1) is 34.9 Å². The van der Waals surface area contributed by atoms with Gasteiger partial charge in [0.15, 0.2) is 11.3 Å². The Morgan fingerprint density at radius 3 is 1.76 bits per heavy atom. The van der Waals surface area contributed by atoms with E-state index in [9.17, 15) is 5.26 Å². The molecule has 0 bridgehead atoms. The highest BCUT2D eigenvalue weighted by molar-refractivity contribution is 6.32. The minimum absolute atomic E-state index is 0.601. The topological polar surface area (TPSA) is 52.2 Å². The molecule has 3 heterocycles. The lowest BCUT2D eigenvalue weighted by molar-refractivity contribution is 0.673. The molecule has 0 aliphatic heterocycles. The number of nitriles is 1. The summed E-state index contributed by atoms with van der Waals surface area (Å²) in [5.41, 5.74) is 19.0. The van der Waals surface area contributed by atoms with Crippen LogP contribution in [0.15, 0.2) is 180 Å². The molecule has 312 valence electrons. The summed E-state index contributed by atoms with van der Waals surface area (Å²) >= 11 is 0. The van der Waals surface area contributed by atoms with Gasteiger partial charge in [-0.3, -0.25) is 0 Å². The van der Waals surface area contributed by atoms with Crippen LogP contribution in [0, 0.1) is 45.6 Å². The van der Waals surface area contributed by atoms with Crippen molar-refractivity contribution in [3.8, 4) is 17.2 Å². The predicted molar refractivity (Wildman–Crippen MR) is 273 cm³/mol. The second-order valence-corrected chi connectivity index (χ2v) is 17.6. The number of furan rings is 1. The molecule has 0 radical (unpaired) electrons. The second kappa shape index (κ2) is 14.9. The highest BCUT2D eigenvalue weighted by Gasteiger charge is 2.28. The first kappa shape index (κ1) is 38.8. The molecule has 6 heteroatoms. The van der Waals surface area contributed by atoms with Crippen molar-refractivity contribution in [2.24, 2.45) is 0 Å². The average molecular weight is 848 g/mol. The van der Waals surface area contributed by atoms with Gasteiger partial charge in [0, 0.05) is 61.4 Å². The fourth-order valence-corrected chi connectivity index (χ4v) is 10.4. The predicted octanol–water partition coefficient (Wildman–Crippen LogP) is 17.0. The molecular weight excluding hydrogens is 807 g/mol. The largest absolute Gasteiger partial charge is 0.454 e. The molecule has 3 aromatic heterocycles. The number of aromatic nitrogens is 1. The standard InChI is InChI=1S/C60H41N5O/c1-36-25-37(2)28-47(27-36)63(44-19-15-40(35-61)16-20-44)46-23-24-51-56(33-46)66-60-53-32-42(41-11-7-6-8-12-41)31-52-57-50-14-10-9-13-49(50)54(34-55(57)65(58(52)53)59(51)60)64(45-21-17-43(62-5)18-22-45)48-29-38(3)26-39(4)30-48/h6-34H,1-4H3. The fraction of sp³-hybridized carbons (Fsp3) is 0.0667. The molecule has 0 unspecified atom stereocenters. The third kappa shape index (κ3) is 6.08. The van der Waals surface area contributed by atoms with Crippen LogP contribution in [0.25, 0.3) is 76.0 Å². The first-order valence-corrected chi connectivity index (χ1v) is 22.2. The second-order valence-electron chi connectivity index (χ2n) is 17.6. The molecular formula is C60H41N5O. The van der Waals surface area contributed by atoms with Gasteiger partial charge in [-0.05, 0) is 157 Å². The number of benzene rings is 9.